The largest absolute Gasteiger partial charge is 0.206 e. The maximum absolute atomic E-state index is 15.2. The zero-order chi connectivity index (χ0) is 24.5. The predicted molar refractivity (Wildman–Crippen MR) is 150 cm³/mol. The van der Waals surface area contributed by atoms with Crippen LogP contribution in [0.4, 0.5) is 4.39 Å². The number of hydrogen-bond acceptors (Lipinski definition) is 0. The van der Waals surface area contributed by atoms with Crippen LogP contribution in [0.2, 0.25) is 0 Å². The Labute approximate surface area is 213 Å². The summed E-state index contributed by atoms with van der Waals surface area (Å²) in [7, 11) is 0. The lowest BCUT2D eigenvalue weighted by Crippen LogP contribution is -2.13. The molecule has 1 heteroatoms. The van der Waals surface area contributed by atoms with E-state index in [-0.39, 0.29) is 5.82 Å². The molecule has 0 N–H and O–H groups in total. The molecule has 0 nitrogen and oxygen atoms in total. The number of unbranched alkanes of at least 4 members (excludes halogenated alkanes) is 4. The van der Waals surface area contributed by atoms with E-state index in [1.165, 1.54) is 87.3 Å². The van der Waals surface area contributed by atoms with E-state index in [0.717, 1.165) is 47.4 Å². The van der Waals surface area contributed by atoms with Crippen molar-refractivity contribution < 1.29 is 4.39 Å². The highest BCUT2D eigenvalue weighted by atomic mass is 19.1. The SMILES string of the molecule is CCCCCc1ccc2c(F)c(CCc3ccc(C4CCC(CCCCC)CC4)cc3)ccc2c1. The van der Waals surface area contributed by atoms with Gasteiger partial charge in [0.05, 0.1) is 0 Å². The quantitative estimate of drug-likeness (QED) is 0.230. The average Bonchev–Trinajstić information content (AvgIpc) is 2.89. The van der Waals surface area contributed by atoms with Gasteiger partial charge in [-0.1, -0.05) is 107 Å². The summed E-state index contributed by atoms with van der Waals surface area (Å²) in [6, 6.07) is 19.6. The highest BCUT2D eigenvalue weighted by molar-refractivity contribution is 5.84. The molecule has 0 unspecified atom stereocenters. The molecule has 0 heterocycles. The zero-order valence-corrected chi connectivity index (χ0v) is 22.1. The summed E-state index contributed by atoms with van der Waals surface area (Å²) in [5.74, 6) is 1.66. The van der Waals surface area contributed by atoms with Gasteiger partial charge in [0.15, 0.2) is 0 Å². The molecule has 188 valence electrons. The molecule has 3 aromatic rings. The van der Waals surface area contributed by atoms with Gasteiger partial charge < -0.3 is 0 Å². The maximum atomic E-state index is 15.2. The maximum Gasteiger partial charge on any atom is 0.134 e. The van der Waals surface area contributed by atoms with Gasteiger partial charge in [-0.2, -0.15) is 0 Å². The van der Waals surface area contributed by atoms with Gasteiger partial charge in [-0.25, -0.2) is 4.39 Å². The molecular weight excluding hydrogens is 427 g/mol. The predicted octanol–water partition coefficient (Wildman–Crippen LogP) is 10.4. The lowest BCUT2D eigenvalue weighted by molar-refractivity contribution is 0.303. The van der Waals surface area contributed by atoms with E-state index < -0.39 is 0 Å². The first-order chi connectivity index (χ1) is 17.2. The van der Waals surface area contributed by atoms with Crippen LogP contribution in [0.5, 0.6) is 0 Å². The summed E-state index contributed by atoms with van der Waals surface area (Å²) in [5.41, 5.74) is 4.98. The van der Waals surface area contributed by atoms with Crippen molar-refractivity contribution >= 4 is 10.8 Å². The van der Waals surface area contributed by atoms with Crippen molar-refractivity contribution in [2.45, 2.75) is 110 Å². The molecule has 1 saturated carbocycles. The number of halogens is 1. The van der Waals surface area contributed by atoms with Crippen LogP contribution in [0, 0.1) is 11.7 Å². The van der Waals surface area contributed by atoms with Crippen LogP contribution in [-0.4, -0.2) is 0 Å². The Balaban J connectivity index is 1.30. The first-order valence-electron chi connectivity index (χ1n) is 14.5. The third-order valence-corrected chi connectivity index (χ3v) is 8.36. The Morgan fingerprint density at radius 1 is 0.686 bits per heavy atom. The van der Waals surface area contributed by atoms with E-state index in [0.29, 0.717) is 0 Å². The number of benzene rings is 3. The van der Waals surface area contributed by atoms with Crippen molar-refractivity contribution in [2.24, 2.45) is 5.92 Å². The molecule has 0 saturated heterocycles. The molecule has 0 spiro atoms. The molecule has 0 atom stereocenters. The molecule has 1 fully saturated rings. The molecule has 0 aromatic heterocycles. The average molecular weight is 473 g/mol. The van der Waals surface area contributed by atoms with Gasteiger partial charge in [0.2, 0.25) is 0 Å². The minimum atomic E-state index is -0.0325. The second kappa shape index (κ2) is 13.2. The summed E-state index contributed by atoms with van der Waals surface area (Å²) in [6.45, 7) is 4.52. The van der Waals surface area contributed by atoms with Gasteiger partial charge in [-0.3, -0.25) is 0 Å². The molecular formula is C34H45F. The van der Waals surface area contributed by atoms with Crippen molar-refractivity contribution in [2.75, 3.05) is 0 Å². The summed E-state index contributed by atoms with van der Waals surface area (Å²) in [5, 5.41) is 1.80. The smallest absolute Gasteiger partial charge is 0.134 e. The van der Waals surface area contributed by atoms with Crippen LogP contribution >= 0.6 is 0 Å². The summed E-state index contributed by atoms with van der Waals surface area (Å²) in [6.07, 6.45) is 17.5. The molecule has 0 radical (unpaired) electrons. The molecule has 0 aliphatic heterocycles. The third kappa shape index (κ3) is 7.18. The van der Waals surface area contributed by atoms with Gasteiger partial charge in [0, 0.05) is 5.39 Å². The first-order valence-corrected chi connectivity index (χ1v) is 14.5. The normalized spacial score (nSPS) is 18.3. The molecule has 0 amide bonds. The number of fused-ring (bicyclic) bond motifs is 1. The lowest BCUT2D eigenvalue weighted by atomic mass is 9.77. The Kier molecular flexibility index (Phi) is 9.81. The van der Waals surface area contributed by atoms with Gasteiger partial charge in [0.25, 0.3) is 0 Å². The van der Waals surface area contributed by atoms with Crippen molar-refractivity contribution in [1.29, 1.82) is 0 Å². The van der Waals surface area contributed by atoms with E-state index in [4.69, 9.17) is 0 Å². The van der Waals surface area contributed by atoms with Gasteiger partial charge in [0.1, 0.15) is 5.82 Å². The Bertz CT molecular complexity index is 1040. The van der Waals surface area contributed by atoms with E-state index in [1.54, 1.807) is 0 Å². The highest BCUT2D eigenvalue weighted by Crippen LogP contribution is 2.38. The van der Waals surface area contributed by atoms with Crippen LogP contribution < -0.4 is 0 Å². The van der Waals surface area contributed by atoms with Crippen molar-refractivity contribution in [3.63, 3.8) is 0 Å². The fraction of sp³-hybridized carbons (Fsp3) is 0.529. The highest BCUT2D eigenvalue weighted by Gasteiger charge is 2.22. The monoisotopic (exact) mass is 472 g/mol. The fourth-order valence-corrected chi connectivity index (χ4v) is 6.02. The summed E-state index contributed by atoms with van der Waals surface area (Å²) in [4.78, 5) is 0. The Morgan fingerprint density at radius 3 is 2.14 bits per heavy atom. The van der Waals surface area contributed by atoms with Crippen molar-refractivity contribution in [1.82, 2.24) is 0 Å². The molecule has 1 aliphatic rings. The van der Waals surface area contributed by atoms with Crippen LogP contribution in [0.3, 0.4) is 0 Å². The van der Waals surface area contributed by atoms with Gasteiger partial charge >= 0.3 is 0 Å². The molecule has 0 bridgehead atoms. The molecule has 3 aromatic carbocycles. The number of aryl methyl sites for hydroxylation is 3. The van der Waals surface area contributed by atoms with Crippen molar-refractivity contribution in [3.8, 4) is 0 Å². The minimum Gasteiger partial charge on any atom is -0.206 e. The Morgan fingerprint density at radius 2 is 1.40 bits per heavy atom. The summed E-state index contributed by atoms with van der Waals surface area (Å²) < 4.78 is 15.2. The first kappa shape index (κ1) is 25.9. The molecule has 35 heavy (non-hydrogen) atoms. The second-order valence-corrected chi connectivity index (χ2v) is 11.0. The van der Waals surface area contributed by atoms with E-state index in [1.807, 2.05) is 12.1 Å². The third-order valence-electron chi connectivity index (χ3n) is 8.36. The van der Waals surface area contributed by atoms with Crippen LogP contribution in [0.1, 0.15) is 113 Å². The van der Waals surface area contributed by atoms with E-state index in [2.05, 4.69) is 56.3 Å². The van der Waals surface area contributed by atoms with Crippen molar-refractivity contribution in [3.05, 3.63) is 82.7 Å². The van der Waals surface area contributed by atoms with Crippen LogP contribution in [0.25, 0.3) is 10.8 Å². The number of rotatable bonds is 12. The standard InChI is InChI=1S/C34H45F/c1-3-5-7-9-26-11-17-29(18-12-26)30-19-13-27(14-20-30)15-21-31-22-23-32-25-28(10-8-6-4-2)16-24-33(32)34(31)35/h13-14,16,19-20,22-26,29H,3-12,15,17-18,21H2,1-2H3. The zero-order valence-electron chi connectivity index (χ0n) is 22.1. The topological polar surface area (TPSA) is 0 Å². The lowest BCUT2D eigenvalue weighted by Gasteiger charge is -2.29. The van der Waals surface area contributed by atoms with Gasteiger partial charge in [-0.15, -0.1) is 0 Å². The Hall–Kier alpha value is -2.15. The number of hydrogen-bond donors (Lipinski definition) is 0. The van der Waals surface area contributed by atoms with Gasteiger partial charge in [-0.05, 0) is 90.8 Å². The minimum absolute atomic E-state index is 0.0325. The second-order valence-electron chi connectivity index (χ2n) is 11.0. The fourth-order valence-electron chi connectivity index (χ4n) is 6.02. The van der Waals surface area contributed by atoms with Crippen LogP contribution in [-0.2, 0) is 19.3 Å². The summed E-state index contributed by atoms with van der Waals surface area (Å²) >= 11 is 0. The van der Waals surface area contributed by atoms with Crippen LogP contribution in [0.15, 0.2) is 54.6 Å². The van der Waals surface area contributed by atoms with E-state index in [9.17, 15) is 0 Å². The molecule has 4 rings (SSSR count). The molecule has 1 aliphatic carbocycles. The van der Waals surface area contributed by atoms with E-state index >= 15 is 4.39 Å².